The minimum Gasteiger partial charge on any atom is -0.484 e. The minimum atomic E-state index is -0.486. The summed E-state index contributed by atoms with van der Waals surface area (Å²) in [6, 6.07) is 16.1. The van der Waals surface area contributed by atoms with Crippen molar-refractivity contribution in [3.05, 3.63) is 72.1 Å². The van der Waals surface area contributed by atoms with Crippen molar-refractivity contribution in [1.82, 2.24) is 9.55 Å². The van der Waals surface area contributed by atoms with Gasteiger partial charge in [0.05, 0.1) is 5.69 Å². The Bertz CT molecular complexity index is 921. The maximum atomic E-state index is 10.9. The summed E-state index contributed by atoms with van der Waals surface area (Å²) in [6.45, 7) is 4.27. The molecule has 2 N–H and O–H groups in total. The summed E-state index contributed by atoms with van der Waals surface area (Å²) >= 11 is 1.66. The third kappa shape index (κ3) is 4.92. The number of ether oxygens (including phenoxy) is 1. The van der Waals surface area contributed by atoms with Crippen molar-refractivity contribution in [2.45, 2.75) is 30.7 Å². The first kappa shape index (κ1) is 19.0. The van der Waals surface area contributed by atoms with Crippen LogP contribution < -0.4 is 10.5 Å². The molecule has 3 rings (SSSR count). The lowest BCUT2D eigenvalue weighted by molar-refractivity contribution is -0.119. The van der Waals surface area contributed by atoms with Gasteiger partial charge in [0.15, 0.2) is 11.8 Å². The highest BCUT2D eigenvalue weighted by Crippen LogP contribution is 2.29. The highest BCUT2D eigenvalue weighted by atomic mass is 32.2. The summed E-state index contributed by atoms with van der Waals surface area (Å²) < 4.78 is 7.51. The number of para-hydroxylation sites is 1. The zero-order chi connectivity index (χ0) is 19.2. The third-order valence-corrected chi connectivity index (χ3v) is 5.11. The third-order valence-electron chi connectivity index (χ3n) is 4.07. The molecule has 3 aromatic rings. The molecule has 0 aliphatic heterocycles. The van der Waals surface area contributed by atoms with Gasteiger partial charge >= 0.3 is 0 Å². The maximum Gasteiger partial charge on any atom is 0.255 e. The van der Waals surface area contributed by atoms with Crippen LogP contribution in [0.2, 0.25) is 0 Å². The van der Waals surface area contributed by atoms with Crippen molar-refractivity contribution >= 4 is 17.7 Å². The van der Waals surface area contributed by atoms with E-state index in [1.165, 1.54) is 5.56 Å². The van der Waals surface area contributed by atoms with Crippen LogP contribution in [0.15, 0.2) is 66.1 Å². The zero-order valence-corrected chi connectivity index (χ0v) is 16.3. The van der Waals surface area contributed by atoms with Crippen molar-refractivity contribution in [2.75, 3.05) is 6.61 Å². The predicted octanol–water partition coefficient (Wildman–Crippen LogP) is 4.15. The molecule has 0 bridgehead atoms. The van der Waals surface area contributed by atoms with Gasteiger partial charge in [-0.1, -0.05) is 55.9 Å². The van der Waals surface area contributed by atoms with E-state index in [2.05, 4.69) is 47.7 Å². The van der Waals surface area contributed by atoms with Crippen LogP contribution in [-0.4, -0.2) is 22.1 Å². The number of carbonyl (C=O) groups is 1. The Labute approximate surface area is 163 Å². The molecule has 6 heteroatoms. The fraction of sp³-hybridized carbons (Fsp3) is 0.238. The van der Waals surface area contributed by atoms with E-state index in [0.717, 1.165) is 22.2 Å². The second-order valence-corrected chi connectivity index (χ2v) is 7.43. The average molecular weight is 382 g/mol. The Morgan fingerprint density at radius 3 is 2.81 bits per heavy atom. The normalized spacial score (nSPS) is 10.9. The SMILES string of the molecule is CC(C)c1ccccc1-n1ccnc1SCc1cccc(OCC(N)=O)c1. The molecule has 0 unspecified atom stereocenters. The largest absolute Gasteiger partial charge is 0.484 e. The smallest absolute Gasteiger partial charge is 0.255 e. The average Bonchev–Trinajstić information content (AvgIpc) is 3.13. The van der Waals surface area contributed by atoms with Crippen LogP contribution in [0.3, 0.4) is 0 Å². The maximum absolute atomic E-state index is 10.9. The molecule has 140 valence electrons. The Balaban J connectivity index is 1.75. The van der Waals surface area contributed by atoms with Crippen LogP contribution in [0.5, 0.6) is 5.75 Å². The molecule has 0 spiro atoms. The molecule has 0 saturated carbocycles. The minimum absolute atomic E-state index is 0.118. The number of primary amides is 1. The molecule has 5 nitrogen and oxygen atoms in total. The van der Waals surface area contributed by atoms with E-state index >= 15 is 0 Å². The number of carbonyl (C=O) groups excluding carboxylic acids is 1. The summed E-state index contributed by atoms with van der Waals surface area (Å²) in [4.78, 5) is 15.4. The monoisotopic (exact) mass is 381 g/mol. The number of thioether (sulfide) groups is 1. The first-order chi connectivity index (χ1) is 13.0. The quantitative estimate of drug-likeness (QED) is 0.595. The number of aromatic nitrogens is 2. The first-order valence-corrected chi connectivity index (χ1v) is 9.78. The van der Waals surface area contributed by atoms with E-state index in [-0.39, 0.29) is 6.61 Å². The van der Waals surface area contributed by atoms with E-state index < -0.39 is 5.91 Å². The molecule has 0 aliphatic rings. The molecule has 0 aliphatic carbocycles. The Hall–Kier alpha value is -2.73. The summed E-state index contributed by atoms with van der Waals surface area (Å²) in [5, 5.41) is 0.937. The summed E-state index contributed by atoms with van der Waals surface area (Å²) in [5.74, 6) is 1.33. The number of benzene rings is 2. The lowest BCUT2D eigenvalue weighted by Crippen LogP contribution is -2.20. The van der Waals surface area contributed by atoms with Crippen LogP contribution in [0, 0.1) is 0 Å². The summed E-state index contributed by atoms with van der Waals surface area (Å²) in [6.07, 6.45) is 3.82. The fourth-order valence-corrected chi connectivity index (χ4v) is 3.71. The molecule has 0 fully saturated rings. The van der Waals surface area contributed by atoms with Crippen LogP contribution in [0.4, 0.5) is 0 Å². The molecule has 1 heterocycles. The van der Waals surface area contributed by atoms with E-state index in [9.17, 15) is 4.79 Å². The Morgan fingerprint density at radius 1 is 1.22 bits per heavy atom. The van der Waals surface area contributed by atoms with Crippen molar-refractivity contribution in [1.29, 1.82) is 0 Å². The van der Waals surface area contributed by atoms with Crippen molar-refractivity contribution in [3.63, 3.8) is 0 Å². The van der Waals surface area contributed by atoms with E-state index in [0.29, 0.717) is 11.7 Å². The number of rotatable bonds is 8. The van der Waals surface area contributed by atoms with E-state index in [4.69, 9.17) is 10.5 Å². The Morgan fingerprint density at radius 2 is 2.04 bits per heavy atom. The predicted molar refractivity (Wildman–Crippen MR) is 108 cm³/mol. The van der Waals surface area contributed by atoms with E-state index in [1.807, 2.05) is 36.7 Å². The number of nitrogens with two attached hydrogens (primary N) is 1. The fourth-order valence-electron chi connectivity index (χ4n) is 2.80. The number of nitrogens with zero attached hydrogens (tertiary/aromatic N) is 2. The van der Waals surface area contributed by atoms with Gasteiger partial charge in [0.2, 0.25) is 0 Å². The van der Waals surface area contributed by atoms with Gasteiger partial charge in [0.25, 0.3) is 5.91 Å². The molecular formula is C21H23N3O2S. The molecule has 0 radical (unpaired) electrons. The van der Waals surface area contributed by atoms with Gasteiger partial charge in [-0.15, -0.1) is 0 Å². The van der Waals surface area contributed by atoms with Gasteiger partial charge in [0.1, 0.15) is 5.75 Å². The van der Waals surface area contributed by atoms with Crippen molar-refractivity contribution < 1.29 is 9.53 Å². The number of hydrogen-bond acceptors (Lipinski definition) is 4. The second-order valence-electron chi connectivity index (χ2n) is 6.48. The topological polar surface area (TPSA) is 70.1 Å². The van der Waals surface area contributed by atoms with Gasteiger partial charge in [0, 0.05) is 18.1 Å². The van der Waals surface area contributed by atoms with Gasteiger partial charge in [-0.3, -0.25) is 9.36 Å². The van der Waals surface area contributed by atoms with Gasteiger partial charge in [-0.05, 0) is 35.2 Å². The van der Waals surface area contributed by atoms with Gasteiger partial charge in [-0.25, -0.2) is 4.98 Å². The first-order valence-electron chi connectivity index (χ1n) is 8.80. The molecule has 1 amide bonds. The molecular weight excluding hydrogens is 358 g/mol. The molecule has 0 saturated heterocycles. The zero-order valence-electron chi connectivity index (χ0n) is 15.5. The molecule has 27 heavy (non-hydrogen) atoms. The molecule has 2 aromatic carbocycles. The second kappa shape index (κ2) is 8.77. The highest BCUT2D eigenvalue weighted by molar-refractivity contribution is 7.98. The lowest BCUT2D eigenvalue weighted by Gasteiger charge is -2.15. The number of imidazole rings is 1. The van der Waals surface area contributed by atoms with Crippen molar-refractivity contribution in [3.8, 4) is 11.4 Å². The van der Waals surface area contributed by atoms with Crippen molar-refractivity contribution in [2.24, 2.45) is 5.73 Å². The number of hydrogen-bond donors (Lipinski definition) is 1. The molecule has 0 atom stereocenters. The Kier molecular flexibility index (Phi) is 6.19. The van der Waals surface area contributed by atoms with Crippen LogP contribution in [-0.2, 0) is 10.5 Å². The number of amides is 1. The highest BCUT2D eigenvalue weighted by Gasteiger charge is 2.12. The van der Waals surface area contributed by atoms with Gasteiger partial charge in [-0.2, -0.15) is 0 Å². The summed E-state index contributed by atoms with van der Waals surface area (Å²) in [5.41, 5.74) is 8.67. The lowest BCUT2D eigenvalue weighted by atomic mass is 10.0. The van der Waals surface area contributed by atoms with Crippen LogP contribution in [0.25, 0.3) is 5.69 Å². The van der Waals surface area contributed by atoms with Gasteiger partial charge < -0.3 is 10.5 Å². The standard InChI is InChI=1S/C21H23N3O2S/c1-15(2)18-8-3-4-9-19(18)24-11-10-23-21(24)27-14-16-6-5-7-17(12-16)26-13-20(22)25/h3-12,15H,13-14H2,1-2H3,(H2,22,25). The summed E-state index contributed by atoms with van der Waals surface area (Å²) in [7, 11) is 0. The van der Waals surface area contributed by atoms with E-state index in [1.54, 1.807) is 11.8 Å². The van der Waals surface area contributed by atoms with Crippen LogP contribution in [0.1, 0.15) is 30.9 Å². The molecule has 1 aromatic heterocycles. The van der Waals surface area contributed by atoms with Crippen LogP contribution >= 0.6 is 11.8 Å².